The molecule has 0 bridgehead atoms. The van der Waals surface area contributed by atoms with Gasteiger partial charge in [0.25, 0.3) is 0 Å². The minimum atomic E-state index is -0.758. The number of carbonyl (C=O) groups is 2. The monoisotopic (exact) mass is 480 g/mol. The number of carbonyl (C=O) groups excluding carboxylic acids is 2. The highest BCUT2D eigenvalue weighted by Crippen LogP contribution is 2.45. The average Bonchev–Trinajstić information content (AvgIpc) is 2.70. The van der Waals surface area contributed by atoms with Gasteiger partial charge in [-0.1, -0.05) is 20.8 Å². The summed E-state index contributed by atoms with van der Waals surface area (Å²) in [5.74, 6) is -2.87. The summed E-state index contributed by atoms with van der Waals surface area (Å²) in [4.78, 5) is 24.7. The molecule has 3 rings (SSSR count). The van der Waals surface area contributed by atoms with Crippen LogP contribution in [0.25, 0.3) is 0 Å². The smallest absolute Gasteiger partial charge is 0.319 e. The molecule has 0 heterocycles. The van der Waals surface area contributed by atoms with Crippen LogP contribution in [0.3, 0.4) is 0 Å². The zero-order chi connectivity index (χ0) is 25.1. The molecule has 4 N–H and O–H groups in total. The standard InChI is InChI=1S/C24H28F4N4O2/c1-23(2)10-16(30-22(34)32-20-9-15(26)5-7-18(20)28)11-24(3,12-23)13-29-21(33)31-19-8-14(25)4-6-17(19)27/h4-9,16H,10-13H2,1-3H3,(H2,29,31,33)(H2,30,32,34). The molecular formula is C24H28F4N4O2. The minimum Gasteiger partial charge on any atom is -0.337 e. The van der Waals surface area contributed by atoms with Gasteiger partial charge in [-0.25, -0.2) is 27.2 Å². The Morgan fingerprint density at radius 3 is 1.94 bits per heavy atom. The molecule has 0 aliphatic heterocycles. The molecule has 1 aliphatic carbocycles. The first-order valence-electron chi connectivity index (χ1n) is 10.9. The van der Waals surface area contributed by atoms with Crippen LogP contribution in [0.4, 0.5) is 38.5 Å². The van der Waals surface area contributed by atoms with E-state index in [1.165, 1.54) is 0 Å². The van der Waals surface area contributed by atoms with Crippen LogP contribution in [0.15, 0.2) is 36.4 Å². The fourth-order valence-electron chi connectivity index (χ4n) is 4.86. The van der Waals surface area contributed by atoms with Crippen LogP contribution >= 0.6 is 0 Å². The van der Waals surface area contributed by atoms with E-state index < -0.39 is 40.7 Å². The molecule has 2 aromatic carbocycles. The van der Waals surface area contributed by atoms with Gasteiger partial charge < -0.3 is 21.3 Å². The van der Waals surface area contributed by atoms with Crippen molar-refractivity contribution in [1.29, 1.82) is 0 Å². The Hall–Kier alpha value is -3.30. The maximum absolute atomic E-state index is 13.8. The van der Waals surface area contributed by atoms with Crippen molar-refractivity contribution in [3.05, 3.63) is 59.7 Å². The molecular weight excluding hydrogens is 452 g/mol. The van der Waals surface area contributed by atoms with Crippen LogP contribution in [0.1, 0.15) is 40.0 Å². The molecule has 34 heavy (non-hydrogen) atoms. The number of nitrogens with one attached hydrogen (secondary N) is 4. The van der Waals surface area contributed by atoms with Gasteiger partial charge in [-0.2, -0.15) is 0 Å². The lowest BCUT2D eigenvalue weighted by atomic mass is 9.62. The zero-order valence-electron chi connectivity index (χ0n) is 19.2. The summed E-state index contributed by atoms with van der Waals surface area (Å²) >= 11 is 0. The van der Waals surface area contributed by atoms with Gasteiger partial charge in [0.15, 0.2) is 0 Å². The molecule has 2 aromatic rings. The molecule has 1 saturated carbocycles. The third-order valence-corrected chi connectivity index (χ3v) is 5.81. The molecule has 4 amide bonds. The molecule has 1 fully saturated rings. The largest absolute Gasteiger partial charge is 0.337 e. The van der Waals surface area contributed by atoms with Gasteiger partial charge >= 0.3 is 12.1 Å². The predicted molar refractivity (Wildman–Crippen MR) is 121 cm³/mol. The van der Waals surface area contributed by atoms with E-state index in [2.05, 4.69) is 21.3 Å². The number of urea groups is 2. The van der Waals surface area contributed by atoms with E-state index in [1.807, 2.05) is 20.8 Å². The molecule has 0 radical (unpaired) electrons. The number of anilines is 2. The second kappa shape index (κ2) is 9.90. The summed E-state index contributed by atoms with van der Waals surface area (Å²) in [6.45, 7) is 6.24. The van der Waals surface area contributed by atoms with E-state index in [4.69, 9.17) is 0 Å². The average molecular weight is 481 g/mol. The van der Waals surface area contributed by atoms with Crippen LogP contribution in [0, 0.1) is 34.1 Å². The second-order valence-corrected chi connectivity index (χ2v) is 9.91. The summed E-state index contributed by atoms with van der Waals surface area (Å²) in [6.07, 6.45) is 1.87. The van der Waals surface area contributed by atoms with Gasteiger partial charge in [0.1, 0.15) is 23.3 Å². The summed E-state index contributed by atoms with van der Waals surface area (Å²) in [6, 6.07) is 3.91. The third-order valence-electron chi connectivity index (χ3n) is 5.81. The van der Waals surface area contributed by atoms with Gasteiger partial charge in [0, 0.05) is 24.7 Å². The van der Waals surface area contributed by atoms with Crippen LogP contribution in [0.5, 0.6) is 0 Å². The number of halogens is 4. The van der Waals surface area contributed by atoms with Crippen LogP contribution in [-0.4, -0.2) is 24.6 Å². The molecule has 6 nitrogen and oxygen atoms in total. The number of hydrogen-bond acceptors (Lipinski definition) is 2. The highest BCUT2D eigenvalue weighted by atomic mass is 19.1. The van der Waals surface area contributed by atoms with Crippen molar-refractivity contribution >= 4 is 23.4 Å². The van der Waals surface area contributed by atoms with Gasteiger partial charge in [0.2, 0.25) is 0 Å². The zero-order valence-corrected chi connectivity index (χ0v) is 19.2. The lowest BCUT2D eigenvalue weighted by molar-refractivity contribution is 0.0761. The van der Waals surface area contributed by atoms with E-state index >= 15 is 0 Å². The van der Waals surface area contributed by atoms with E-state index in [1.54, 1.807) is 0 Å². The second-order valence-electron chi connectivity index (χ2n) is 9.91. The third kappa shape index (κ3) is 6.85. The first-order valence-corrected chi connectivity index (χ1v) is 10.9. The Morgan fingerprint density at radius 1 is 0.853 bits per heavy atom. The number of rotatable bonds is 5. The maximum Gasteiger partial charge on any atom is 0.319 e. The van der Waals surface area contributed by atoms with E-state index in [9.17, 15) is 27.2 Å². The number of hydrogen-bond donors (Lipinski definition) is 4. The minimum absolute atomic E-state index is 0.193. The molecule has 184 valence electrons. The lowest BCUT2D eigenvalue weighted by Crippen LogP contribution is -2.51. The van der Waals surface area contributed by atoms with Crippen molar-refractivity contribution in [3.63, 3.8) is 0 Å². The first kappa shape index (κ1) is 25.3. The van der Waals surface area contributed by atoms with E-state index in [0.29, 0.717) is 12.8 Å². The van der Waals surface area contributed by atoms with Crippen molar-refractivity contribution in [2.75, 3.05) is 17.2 Å². The van der Waals surface area contributed by atoms with E-state index in [0.717, 1.165) is 42.8 Å². The summed E-state index contributed by atoms with van der Waals surface area (Å²) in [7, 11) is 0. The van der Waals surface area contributed by atoms with Gasteiger partial charge in [-0.15, -0.1) is 0 Å². The highest BCUT2D eigenvalue weighted by molar-refractivity contribution is 5.90. The van der Waals surface area contributed by atoms with Crippen molar-refractivity contribution in [2.24, 2.45) is 10.8 Å². The molecule has 10 heteroatoms. The van der Waals surface area contributed by atoms with Crippen molar-refractivity contribution in [3.8, 4) is 0 Å². The summed E-state index contributed by atoms with van der Waals surface area (Å²) in [5.41, 5.74) is -1.16. The molecule has 2 unspecified atom stereocenters. The Labute approximate surface area is 195 Å². The Kier molecular flexibility index (Phi) is 7.38. The highest BCUT2D eigenvalue weighted by Gasteiger charge is 2.42. The van der Waals surface area contributed by atoms with Crippen LogP contribution in [-0.2, 0) is 0 Å². The topological polar surface area (TPSA) is 82.3 Å². The fraction of sp³-hybridized carbons (Fsp3) is 0.417. The Balaban J connectivity index is 1.60. The molecule has 2 atom stereocenters. The van der Waals surface area contributed by atoms with Gasteiger partial charge in [-0.3, -0.25) is 0 Å². The van der Waals surface area contributed by atoms with Crippen molar-refractivity contribution < 1.29 is 27.2 Å². The normalized spacial score (nSPS) is 21.4. The van der Waals surface area contributed by atoms with Gasteiger partial charge in [-0.05, 0) is 54.4 Å². The lowest BCUT2D eigenvalue weighted by Gasteiger charge is -2.46. The summed E-state index contributed by atoms with van der Waals surface area (Å²) < 4.78 is 54.3. The van der Waals surface area contributed by atoms with Crippen LogP contribution < -0.4 is 21.3 Å². The Bertz CT molecular complexity index is 1080. The van der Waals surface area contributed by atoms with Crippen molar-refractivity contribution in [2.45, 2.75) is 46.1 Å². The fourth-order valence-corrected chi connectivity index (χ4v) is 4.86. The van der Waals surface area contributed by atoms with Crippen LogP contribution in [0.2, 0.25) is 0 Å². The number of benzene rings is 2. The maximum atomic E-state index is 13.8. The van der Waals surface area contributed by atoms with Gasteiger partial charge in [0.05, 0.1) is 11.4 Å². The quantitative estimate of drug-likeness (QED) is 0.410. The SMILES string of the molecule is CC1(C)CC(NC(=O)Nc2cc(F)ccc2F)CC(C)(CNC(=O)Nc2cc(F)ccc2F)C1. The van der Waals surface area contributed by atoms with E-state index in [-0.39, 0.29) is 29.4 Å². The summed E-state index contributed by atoms with van der Waals surface area (Å²) in [5, 5.41) is 10.1. The molecule has 0 aromatic heterocycles. The Morgan fingerprint density at radius 2 is 1.38 bits per heavy atom. The molecule has 1 aliphatic rings. The molecule has 0 saturated heterocycles. The first-order chi connectivity index (χ1) is 15.8. The predicted octanol–water partition coefficient (Wildman–Crippen LogP) is 5.77. The van der Waals surface area contributed by atoms with Crippen molar-refractivity contribution in [1.82, 2.24) is 10.6 Å². The number of amides is 4. The molecule has 0 spiro atoms.